The fraction of sp³-hybridized carbons (Fsp3) is 1.00. The summed E-state index contributed by atoms with van der Waals surface area (Å²) in [5.41, 5.74) is 0. The van der Waals surface area contributed by atoms with E-state index in [2.05, 4.69) is 37.5 Å². The summed E-state index contributed by atoms with van der Waals surface area (Å²) in [5.74, 6) is 1.27. The van der Waals surface area contributed by atoms with Crippen LogP contribution in [0.4, 0.5) is 0 Å². The first-order valence-corrected chi connectivity index (χ1v) is 6.98. The van der Waals surface area contributed by atoms with Crippen molar-refractivity contribution >= 4 is 21.8 Å². The molecule has 0 aliphatic carbocycles. The van der Waals surface area contributed by atoms with Crippen molar-refractivity contribution in [2.24, 2.45) is 0 Å². The van der Waals surface area contributed by atoms with Crippen LogP contribution in [0.5, 0.6) is 0 Å². The van der Waals surface area contributed by atoms with E-state index in [9.17, 15) is 0 Å². The first kappa shape index (κ1) is 8.70. The van der Waals surface area contributed by atoms with Gasteiger partial charge in [-0.25, -0.2) is 10.0 Å². The van der Waals surface area contributed by atoms with Crippen molar-refractivity contribution in [2.75, 3.05) is 29.6 Å². The summed E-state index contributed by atoms with van der Waals surface area (Å²) >= 11 is 2.05. The lowest BCUT2D eigenvalue weighted by Crippen LogP contribution is -1.93. The molecular formula is C6H16S2. The van der Waals surface area contributed by atoms with Crippen LogP contribution in [0.1, 0.15) is 6.92 Å². The molecule has 0 radical (unpaired) electrons. The molecule has 0 aliphatic rings. The molecule has 0 atom stereocenters. The Labute approximate surface area is 58.7 Å². The zero-order chi connectivity index (χ0) is 6.62. The van der Waals surface area contributed by atoms with Crippen molar-refractivity contribution in [3.05, 3.63) is 0 Å². The summed E-state index contributed by atoms with van der Waals surface area (Å²) in [6.07, 6.45) is 7.07. The van der Waals surface area contributed by atoms with Crippen LogP contribution in [0.3, 0.4) is 0 Å². The minimum Gasteiger partial charge on any atom is -0.241 e. The van der Waals surface area contributed by atoms with Crippen molar-refractivity contribution in [3.8, 4) is 0 Å². The zero-order valence-corrected chi connectivity index (χ0v) is 7.86. The normalized spacial score (nSPS) is 14.0. The van der Waals surface area contributed by atoms with Crippen LogP contribution >= 0.6 is 21.8 Å². The zero-order valence-electron chi connectivity index (χ0n) is 6.23. The second-order valence-corrected chi connectivity index (χ2v) is 8.81. The van der Waals surface area contributed by atoms with Crippen LogP contribution in [-0.4, -0.2) is 29.6 Å². The highest BCUT2D eigenvalue weighted by atomic mass is 32.3. The summed E-state index contributed by atoms with van der Waals surface area (Å²) in [7, 11) is -0.223. The maximum Gasteiger partial charge on any atom is 0.0229 e. The van der Waals surface area contributed by atoms with Crippen LogP contribution in [-0.2, 0) is 0 Å². The predicted molar refractivity (Wildman–Crippen MR) is 48.4 cm³/mol. The smallest absolute Gasteiger partial charge is 0.0229 e. The minimum atomic E-state index is -0.223. The second-order valence-electron chi connectivity index (χ2n) is 2.70. The van der Waals surface area contributed by atoms with Crippen LogP contribution in [0, 0.1) is 0 Å². The Kier molecular flexibility index (Phi) is 4.00. The molecule has 0 N–H and O–H groups in total. The molecule has 0 aromatic carbocycles. The highest BCUT2D eigenvalue weighted by molar-refractivity contribution is 8.38. The first-order chi connectivity index (χ1) is 3.56. The molecule has 0 aromatic heterocycles. The molecule has 0 saturated heterocycles. The Hall–Kier alpha value is 0.700. The van der Waals surface area contributed by atoms with Gasteiger partial charge in [0.2, 0.25) is 0 Å². The van der Waals surface area contributed by atoms with Gasteiger partial charge in [0.05, 0.1) is 0 Å². The Morgan fingerprint density at radius 2 is 1.75 bits per heavy atom. The van der Waals surface area contributed by atoms with Gasteiger partial charge >= 0.3 is 0 Å². The van der Waals surface area contributed by atoms with Gasteiger partial charge < -0.3 is 0 Å². The van der Waals surface area contributed by atoms with E-state index in [1.54, 1.807) is 0 Å². The summed E-state index contributed by atoms with van der Waals surface area (Å²) in [6, 6.07) is 0. The van der Waals surface area contributed by atoms with Crippen LogP contribution in [0.25, 0.3) is 0 Å². The SMILES string of the molecule is CCSCS(C)(C)C. The third-order valence-electron chi connectivity index (χ3n) is 0.641. The van der Waals surface area contributed by atoms with E-state index in [1.807, 2.05) is 0 Å². The van der Waals surface area contributed by atoms with Gasteiger partial charge in [0, 0.05) is 5.08 Å². The molecule has 0 unspecified atom stereocenters. The van der Waals surface area contributed by atoms with Gasteiger partial charge in [0.15, 0.2) is 0 Å². The van der Waals surface area contributed by atoms with Gasteiger partial charge in [0.25, 0.3) is 0 Å². The molecule has 0 saturated carbocycles. The Morgan fingerprint density at radius 3 is 1.88 bits per heavy atom. The Morgan fingerprint density at radius 1 is 1.25 bits per heavy atom. The Balaban J connectivity index is 3.11. The molecule has 0 amide bonds. The van der Waals surface area contributed by atoms with E-state index >= 15 is 0 Å². The topological polar surface area (TPSA) is 0 Å². The molecular weight excluding hydrogens is 136 g/mol. The van der Waals surface area contributed by atoms with Crippen molar-refractivity contribution in [1.29, 1.82) is 0 Å². The van der Waals surface area contributed by atoms with Crippen LogP contribution in [0.15, 0.2) is 0 Å². The van der Waals surface area contributed by atoms with E-state index < -0.39 is 0 Å². The highest BCUT2D eigenvalue weighted by Crippen LogP contribution is 2.38. The first-order valence-electron chi connectivity index (χ1n) is 2.80. The van der Waals surface area contributed by atoms with Gasteiger partial charge in [-0.15, -0.1) is 0 Å². The largest absolute Gasteiger partial charge is 0.241 e. The van der Waals surface area contributed by atoms with E-state index in [1.165, 1.54) is 10.8 Å². The number of rotatable bonds is 3. The fourth-order valence-electron chi connectivity index (χ4n) is 0.333. The standard InChI is InChI=1S/C6H16S2/c1-5-7-6-8(2,3)4/h5-6H2,1-4H3. The number of hydrogen-bond acceptors (Lipinski definition) is 1. The summed E-state index contributed by atoms with van der Waals surface area (Å²) < 4.78 is 0. The molecule has 0 aromatic rings. The van der Waals surface area contributed by atoms with E-state index in [0.717, 1.165) is 0 Å². The summed E-state index contributed by atoms with van der Waals surface area (Å²) in [4.78, 5) is 0. The molecule has 0 spiro atoms. The molecule has 2 heteroatoms. The van der Waals surface area contributed by atoms with Crippen LogP contribution < -0.4 is 0 Å². The molecule has 0 fully saturated rings. The maximum absolute atomic E-state index is 2.36. The molecule has 0 bridgehead atoms. The van der Waals surface area contributed by atoms with E-state index in [4.69, 9.17) is 0 Å². The molecule has 8 heavy (non-hydrogen) atoms. The quantitative estimate of drug-likeness (QED) is 0.598. The van der Waals surface area contributed by atoms with Crippen molar-refractivity contribution in [3.63, 3.8) is 0 Å². The van der Waals surface area contributed by atoms with E-state index in [0.29, 0.717) is 0 Å². The van der Waals surface area contributed by atoms with E-state index in [-0.39, 0.29) is 10.0 Å². The Bertz CT molecular complexity index is 54.0. The average Bonchev–Trinajstić information content (AvgIpc) is 1.59. The maximum atomic E-state index is 2.36. The monoisotopic (exact) mass is 152 g/mol. The second kappa shape index (κ2) is 3.67. The van der Waals surface area contributed by atoms with Crippen molar-refractivity contribution in [2.45, 2.75) is 6.92 Å². The third-order valence-corrected chi connectivity index (χ3v) is 4.54. The predicted octanol–water partition coefficient (Wildman–Crippen LogP) is 2.39. The number of thioether (sulfide) groups is 1. The number of hydrogen-bond donors (Lipinski definition) is 0. The van der Waals surface area contributed by atoms with Crippen LogP contribution in [0.2, 0.25) is 0 Å². The van der Waals surface area contributed by atoms with Gasteiger partial charge in [-0.05, 0) is 24.5 Å². The van der Waals surface area contributed by atoms with Crippen molar-refractivity contribution < 1.29 is 0 Å². The summed E-state index contributed by atoms with van der Waals surface area (Å²) in [5, 5.41) is 1.36. The molecule has 0 aliphatic heterocycles. The minimum absolute atomic E-state index is 0.223. The third kappa shape index (κ3) is 6.70. The molecule has 0 rings (SSSR count). The van der Waals surface area contributed by atoms with Gasteiger partial charge in [-0.1, -0.05) is 6.92 Å². The lowest BCUT2D eigenvalue weighted by molar-refractivity contribution is 1.53. The lowest BCUT2D eigenvalue weighted by atomic mass is 11.0. The molecule has 0 nitrogen and oxygen atoms in total. The molecule has 52 valence electrons. The summed E-state index contributed by atoms with van der Waals surface area (Å²) in [6.45, 7) is 2.22. The van der Waals surface area contributed by atoms with Gasteiger partial charge in [0.1, 0.15) is 0 Å². The van der Waals surface area contributed by atoms with Gasteiger partial charge in [-0.3, -0.25) is 0 Å². The fourth-order valence-corrected chi connectivity index (χ4v) is 3.00. The molecule has 0 heterocycles. The van der Waals surface area contributed by atoms with Gasteiger partial charge in [-0.2, -0.15) is 11.8 Å². The average molecular weight is 152 g/mol. The van der Waals surface area contributed by atoms with Crippen molar-refractivity contribution in [1.82, 2.24) is 0 Å². The highest BCUT2D eigenvalue weighted by Gasteiger charge is 2.00. The lowest BCUT2D eigenvalue weighted by Gasteiger charge is -2.23.